The van der Waals surface area contributed by atoms with Crippen molar-refractivity contribution in [1.82, 2.24) is 0 Å². The Kier molecular flexibility index (Phi) is 6.00. The summed E-state index contributed by atoms with van der Waals surface area (Å²) in [7, 11) is 0. The number of hydrogen-bond acceptors (Lipinski definition) is 1. The second-order valence-electron chi connectivity index (χ2n) is 13.5. The molecule has 0 spiro atoms. The molecule has 0 fully saturated rings. The molecule has 8 aromatic rings. The molecule has 1 aliphatic rings. The van der Waals surface area contributed by atoms with Crippen LogP contribution >= 0.6 is 0 Å². The van der Waals surface area contributed by atoms with Gasteiger partial charge in [-0.2, -0.15) is 0 Å². The maximum atomic E-state index is 8.51. The summed E-state index contributed by atoms with van der Waals surface area (Å²) in [5.41, 5.74) is 13.5. The highest BCUT2D eigenvalue weighted by atomic mass is 15.1. The van der Waals surface area contributed by atoms with Crippen molar-refractivity contribution in [3.63, 3.8) is 0 Å². The summed E-state index contributed by atoms with van der Waals surface area (Å²) in [4.78, 5) is 2.19. The lowest BCUT2D eigenvalue weighted by Crippen LogP contribution is -2.14. The Hall–Kier alpha value is -6.18. The van der Waals surface area contributed by atoms with Crippen LogP contribution in [0, 0.1) is 0 Å². The highest BCUT2D eigenvalue weighted by molar-refractivity contribution is 5.93. The average Bonchev–Trinajstić information content (AvgIpc) is 3.45. The quantitative estimate of drug-likeness (QED) is 0.174. The van der Waals surface area contributed by atoms with Gasteiger partial charge < -0.3 is 4.90 Å². The molecule has 238 valence electrons. The third-order valence-corrected chi connectivity index (χ3v) is 10.1. The molecule has 0 atom stereocenters. The fourth-order valence-corrected chi connectivity index (χ4v) is 7.49. The molecular weight excluding hydrogens is 603 g/mol. The number of benzene rings is 8. The summed E-state index contributed by atoms with van der Waals surface area (Å²) in [6, 6.07) is 53.6. The van der Waals surface area contributed by atoms with Gasteiger partial charge in [-0.15, -0.1) is 0 Å². The topological polar surface area (TPSA) is 3.24 Å². The Morgan fingerprint density at radius 2 is 0.920 bits per heavy atom. The molecule has 0 saturated carbocycles. The number of nitrogens with zero attached hydrogens (tertiary/aromatic N) is 1. The lowest BCUT2D eigenvalue weighted by atomic mass is 9.81. The zero-order valence-corrected chi connectivity index (χ0v) is 28.0. The number of rotatable bonds is 6. The molecule has 9 rings (SSSR count). The number of hydrogen-bond donors (Lipinski definition) is 0. The normalized spacial score (nSPS) is 14.2. The van der Waals surface area contributed by atoms with Crippen molar-refractivity contribution in [2.45, 2.75) is 19.3 Å². The van der Waals surface area contributed by atoms with Crippen molar-refractivity contribution >= 4 is 27.8 Å². The molecule has 0 aromatic heterocycles. The fourth-order valence-electron chi connectivity index (χ4n) is 7.49. The van der Waals surface area contributed by atoms with Crippen LogP contribution in [0.4, 0.5) is 17.1 Å². The molecule has 1 heteroatoms. The summed E-state index contributed by atoms with van der Waals surface area (Å²) >= 11 is 0. The van der Waals surface area contributed by atoms with E-state index in [9.17, 15) is 0 Å². The van der Waals surface area contributed by atoms with Gasteiger partial charge in [0.2, 0.25) is 0 Å². The second kappa shape index (κ2) is 12.1. The average molecular weight is 645 g/mol. The van der Waals surface area contributed by atoms with E-state index in [0.29, 0.717) is 5.56 Å². The van der Waals surface area contributed by atoms with Crippen LogP contribution in [-0.2, 0) is 5.41 Å². The van der Waals surface area contributed by atoms with Gasteiger partial charge in [-0.25, -0.2) is 0 Å². The molecule has 0 unspecified atom stereocenters. The molecule has 0 radical (unpaired) electrons. The lowest BCUT2D eigenvalue weighted by molar-refractivity contribution is 0.660. The van der Waals surface area contributed by atoms with Gasteiger partial charge >= 0.3 is 0 Å². The maximum absolute atomic E-state index is 8.51. The highest BCUT2D eigenvalue weighted by Crippen LogP contribution is 2.49. The van der Waals surface area contributed by atoms with E-state index < -0.39 is 6.04 Å². The van der Waals surface area contributed by atoms with E-state index in [0.717, 1.165) is 39.0 Å². The van der Waals surface area contributed by atoms with Crippen LogP contribution < -0.4 is 4.90 Å². The van der Waals surface area contributed by atoms with Crippen molar-refractivity contribution in [2.24, 2.45) is 0 Å². The van der Waals surface area contributed by atoms with E-state index in [-0.39, 0.29) is 35.1 Å². The largest absolute Gasteiger partial charge is 0.310 e. The molecule has 0 heterocycles. The van der Waals surface area contributed by atoms with E-state index in [1.165, 1.54) is 33.4 Å². The molecule has 0 amide bonds. The van der Waals surface area contributed by atoms with Crippen LogP contribution in [-0.4, -0.2) is 0 Å². The smallest absolute Gasteiger partial charge is 0.0629 e. The third-order valence-electron chi connectivity index (χ3n) is 10.1. The predicted octanol–water partition coefficient (Wildman–Crippen LogP) is 13.6. The SMILES string of the molecule is [2H]c1c([2H])c([2H])c(-c2ccc(N(c3ccc(-c4ccccc4)cc3)c3ccc4cc(-c5ccc6c(c5)C(C)(C)c5ccccc5-6)ccc4c3)cc2)c([2H])c1[2H]. The van der Waals surface area contributed by atoms with E-state index in [2.05, 4.69) is 134 Å². The van der Waals surface area contributed by atoms with E-state index in [1.807, 2.05) is 42.5 Å². The van der Waals surface area contributed by atoms with Crippen molar-refractivity contribution < 1.29 is 6.85 Å². The molecule has 50 heavy (non-hydrogen) atoms. The first-order chi connectivity index (χ1) is 26.6. The first kappa shape index (κ1) is 24.9. The Labute approximate surface area is 301 Å². The van der Waals surface area contributed by atoms with Gasteiger partial charge in [0, 0.05) is 22.5 Å². The summed E-state index contributed by atoms with van der Waals surface area (Å²) < 4.78 is 41.4. The zero-order chi connectivity index (χ0) is 38.0. The molecule has 1 nitrogen and oxygen atoms in total. The minimum atomic E-state index is -0.397. The van der Waals surface area contributed by atoms with Crippen molar-refractivity contribution in [3.05, 3.63) is 199 Å². The standard InChI is InChI=1S/C49H37N/c1-49(2)47-16-10-9-15-45(47)46-30-24-41(33-48(46)49)38-17-18-40-32-44(29-23-39(40)31-38)50(42-25-19-36(20-26-42)34-11-5-3-6-12-34)43-27-21-37(22-28-43)35-13-7-4-8-14-35/h3-33H,1-2H3/i3D,5D,6D,11D,12D. The Morgan fingerprint density at radius 1 is 0.400 bits per heavy atom. The summed E-state index contributed by atoms with van der Waals surface area (Å²) in [5.74, 6) is 0. The number of fused-ring (bicyclic) bond motifs is 4. The fraction of sp³-hybridized carbons (Fsp3) is 0.0612. The van der Waals surface area contributed by atoms with Crippen LogP contribution in [0.2, 0.25) is 0 Å². The van der Waals surface area contributed by atoms with Gasteiger partial charge in [0.05, 0.1) is 6.85 Å². The maximum Gasteiger partial charge on any atom is 0.0629 e. The minimum Gasteiger partial charge on any atom is -0.310 e. The predicted molar refractivity (Wildman–Crippen MR) is 213 cm³/mol. The van der Waals surface area contributed by atoms with Crippen LogP contribution in [0.15, 0.2) is 188 Å². The van der Waals surface area contributed by atoms with Crippen LogP contribution in [0.5, 0.6) is 0 Å². The molecule has 0 bridgehead atoms. The van der Waals surface area contributed by atoms with Crippen LogP contribution in [0.1, 0.15) is 31.8 Å². The molecule has 1 aliphatic carbocycles. The van der Waals surface area contributed by atoms with E-state index in [1.54, 1.807) is 0 Å². The van der Waals surface area contributed by atoms with E-state index in [4.69, 9.17) is 6.85 Å². The highest BCUT2D eigenvalue weighted by Gasteiger charge is 2.35. The van der Waals surface area contributed by atoms with Crippen LogP contribution in [0.25, 0.3) is 55.3 Å². The van der Waals surface area contributed by atoms with Gasteiger partial charge in [-0.05, 0) is 115 Å². The minimum absolute atomic E-state index is 0.0661. The van der Waals surface area contributed by atoms with Crippen molar-refractivity contribution in [1.29, 1.82) is 0 Å². The van der Waals surface area contributed by atoms with Crippen molar-refractivity contribution in [3.8, 4) is 44.5 Å². The molecule has 8 aromatic carbocycles. The summed E-state index contributed by atoms with van der Waals surface area (Å²) in [6.07, 6.45) is 0. The molecular formula is C49H37N. The van der Waals surface area contributed by atoms with Gasteiger partial charge in [0.25, 0.3) is 0 Å². The Balaban J connectivity index is 1.10. The Morgan fingerprint density at radius 3 is 1.66 bits per heavy atom. The van der Waals surface area contributed by atoms with Gasteiger partial charge in [0.1, 0.15) is 0 Å². The summed E-state index contributed by atoms with van der Waals surface area (Å²) in [5, 5.41) is 2.25. The van der Waals surface area contributed by atoms with Gasteiger partial charge in [0.15, 0.2) is 0 Å². The Bertz CT molecular complexity index is 2740. The number of anilines is 3. The van der Waals surface area contributed by atoms with Gasteiger partial charge in [-0.1, -0.05) is 153 Å². The van der Waals surface area contributed by atoms with Gasteiger partial charge in [-0.3, -0.25) is 0 Å². The first-order valence-corrected chi connectivity index (χ1v) is 17.0. The first-order valence-electron chi connectivity index (χ1n) is 19.5. The van der Waals surface area contributed by atoms with Crippen LogP contribution in [0.3, 0.4) is 0 Å². The third kappa shape index (κ3) is 5.19. The lowest BCUT2D eigenvalue weighted by Gasteiger charge is -2.26. The molecule has 0 N–H and O–H groups in total. The molecule has 0 aliphatic heterocycles. The molecule has 0 saturated heterocycles. The zero-order valence-electron chi connectivity index (χ0n) is 33.0. The van der Waals surface area contributed by atoms with E-state index >= 15 is 0 Å². The monoisotopic (exact) mass is 644 g/mol. The summed E-state index contributed by atoms with van der Waals surface area (Å²) in [6.45, 7) is 4.63. The second-order valence-corrected chi connectivity index (χ2v) is 13.5. The van der Waals surface area contributed by atoms with Crippen molar-refractivity contribution in [2.75, 3.05) is 4.90 Å².